The van der Waals surface area contributed by atoms with Gasteiger partial charge in [0.1, 0.15) is 5.76 Å². The number of esters is 1. The van der Waals surface area contributed by atoms with Crippen LogP contribution in [0.1, 0.15) is 22.6 Å². The average molecular weight is 280 g/mol. The maximum atomic E-state index is 12.3. The standard InChI is InChI=1S/C18H16O3/c1-20-17-14-11-7-6-10-13(14)15(16(17)18(19)21-2)12-8-4-3-5-9-12/h3-11,15H,1-2H3. The van der Waals surface area contributed by atoms with E-state index in [4.69, 9.17) is 9.47 Å². The molecule has 0 spiro atoms. The number of ether oxygens (including phenoxy) is 2. The number of methoxy groups -OCH3 is 2. The van der Waals surface area contributed by atoms with Crippen LogP contribution in [0.25, 0.3) is 5.76 Å². The molecule has 0 saturated carbocycles. The molecular formula is C18H16O3. The summed E-state index contributed by atoms with van der Waals surface area (Å²) in [5.41, 5.74) is 3.64. The van der Waals surface area contributed by atoms with Gasteiger partial charge in [-0.1, -0.05) is 54.6 Å². The average Bonchev–Trinajstić information content (AvgIpc) is 2.89. The van der Waals surface area contributed by atoms with E-state index in [1.54, 1.807) is 7.11 Å². The fourth-order valence-corrected chi connectivity index (χ4v) is 2.92. The van der Waals surface area contributed by atoms with E-state index in [-0.39, 0.29) is 11.9 Å². The molecule has 0 radical (unpaired) electrons. The summed E-state index contributed by atoms with van der Waals surface area (Å²) >= 11 is 0. The van der Waals surface area contributed by atoms with Gasteiger partial charge in [0.15, 0.2) is 0 Å². The molecule has 106 valence electrons. The molecule has 2 aromatic rings. The van der Waals surface area contributed by atoms with Crippen molar-refractivity contribution >= 4 is 11.7 Å². The molecule has 1 aliphatic carbocycles. The third kappa shape index (κ3) is 2.11. The lowest BCUT2D eigenvalue weighted by molar-refractivity contribution is -0.136. The highest BCUT2D eigenvalue weighted by Gasteiger charge is 2.37. The molecule has 3 rings (SSSR count). The Bertz CT molecular complexity index is 701. The Morgan fingerprint density at radius 1 is 0.952 bits per heavy atom. The maximum Gasteiger partial charge on any atom is 0.338 e. The molecule has 2 aromatic carbocycles. The van der Waals surface area contributed by atoms with Crippen molar-refractivity contribution in [2.24, 2.45) is 0 Å². The summed E-state index contributed by atoms with van der Waals surface area (Å²) in [6.07, 6.45) is 0. The highest BCUT2D eigenvalue weighted by atomic mass is 16.5. The molecule has 0 aliphatic heterocycles. The van der Waals surface area contributed by atoms with Crippen LogP contribution in [0.4, 0.5) is 0 Å². The number of hydrogen-bond donors (Lipinski definition) is 0. The van der Waals surface area contributed by atoms with Gasteiger partial charge in [-0.3, -0.25) is 0 Å². The first-order chi connectivity index (χ1) is 10.3. The minimum Gasteiger partial charge on any atom is -0.496 e. The Kier molecular flexibility index (Phi) is 3.48. The van der Waals surface area contributed by atoms with E-state index < -0.39 is 0 Å². The summed E-state index contributed by atoms with van der Waals surface area (Å²) in [6.45, 7) is 0. The maximum absolute atomic E-state index is 12.3. The van der Waals surface area contributed by atoms with Gasteiger partial charge in [0.2, 0.25) is 0 Å². The number of fused-ring (bicyclic) bond motifs is 1. The first-order valence-corrected chi connectivity index (χ1v) is 6.78. The van der Waals surface area contributed by atoms with Crippen molar-refractivity contribution in [3.63, 3.8) is 0 Å². The Balaban J connectivity index is 2.24. The second-order valence-electron chi connectivity index (χ2n) is 4.87. The Morgan fingerprint density at radius 2 is 1.62 bits per heavy atom. The summed E-state index contributed by atoms with van der Waals surface area (Å²) in [6, 6.07) is 17.9. The topological polar surface area (TPSA) is 35.5 Å². The summed E-state index contributed by atoms with van der Waals surface area (Å²) < 4.78 is 10.5. The Morgan fingerprint density at radius 3 is 2.29 bits per heavy atom. The van der Waals surface area contributed by atoms with Crippen molar-refractivity contribution in [2.45, 2.75) is 5.92 Å². The lowest BCUT2D eigenvalue weighted by atomic mass is 9.88. The predicted molar refractivity (Wildman–Crippen MR) is 80.7 cm³/mol. The molecule has 3 heteroatoms. The summed E-state index contributed by atoms with van der Waals surface area (Å²) in [5, 5.41) is 0. The molecule has 3 nitrogen and oxygen atoms in total. The van der Waals surface area contributed by atoms with Crippen LogP contribution >= 0.6 is 0 Å². The van der Waals surface area contributed by atoms with Crippen LogP contribution in [-0.4, -0.2) is 20.2 Å². The third-order valence-electron chi connectivity index (χ3n) is 3.79. The lowest BCUT2D eigenvalue weighted by Crippen LogP contribution is -2.12. The van der Waals surface area contributed by atoms with Gasteiger partial charge in [0, 0.05) is 11.5 Å². The Labute approximate surface area is 123 Å². The van der Waals surface area contributed by atoms with Crippen molar-refractivity contribution in [2.75, 3.05) is 14.2 Å². The van der Waals surface area contributed by atoms with Crippen molar-refractivity contribution in [3.8, 4) is 0 Å². The summed E-state index contributed by atoms with van der Waals surface area (Å²) in [7, 11) is 2.98. The zero-order valence-corrected chi connectivity index (χ0v) is 12.0. The number of carbonyl (C=O) groups is 1. The van der Waals surface area contributed by atoms with Crippen LogP contribution < -0.4 is 0 Å². The highest BCUT2D eigenvalue weighted by Crippen LogP contribution is 2.46. The normalized spacial score (nSPS) is 16.6. The molecule has 0 fully saturated rings. The van der Waals surface area contributed by atoms with E-state index >= 15 is 0 Å². The fraction of sp³-hybridized carbons (Fsp3) is 0.167. The molecule has 1 unspecified atom stereocenters. The summed E-state index contributed by atoms with van der Waals surface area (Å²) in [4.78, 5) is 12.3. The molecule has 0 N–H and O–H groups in total. The molecule has 0 heterocycles. The smallest absolute Gasteiger partial charge is 0.338 e. The van der Waals surface area contributed by atoms with Crippen LogP contribution in [-0.2, 0) is 14.3 Å². The van der Waals surface area contributed by atoms with Crippen LogP contribution in [0.3, 0.4) is 0 Å². The van der Waals surface area contributed by atoms with Gasteiger partial charge < -0.3 is 9.47 Å². The SMILES string of the molecule is COC(=O)C1=C(OC)c2ccccc2C1c1ccccc1. The van der Waals surface area contributed by atoms with E-state index in [2.05, 4.69) is 0 Å². The first kappa shape index (κ1) is 13.4. The quantitative estimate of drug-likeness (QED) is 0.809. The molecule has 1 aliphatic rings. The van der Waals surface area contributed by atoms with E-state index in [1.165, 1.54) is 7.11 Å². The molecule has 0 aromatic heterocycles. The Hall–Kier alpha value is -2.55. The second kappa shape index (κ2) is 5.44. The lowest BCUT2D eigenvalue weighted by Gasteiger charge is -2.15. The molecule has 0 bridgehead atoms. The van der Waals surface area contributed by atoms with Gasteiger partial charge in [-0.05, 0) is 11.1 Å². The molecule has 0 saturated heterocycles. The largest absolute Gasteiger partial charge is 0.496 e. The summed E-state index contributed by atoms with van der Waals surface area (Å²) in [5.74, 6) is 0.105. The molecule has 1 atom stereocenters. The monoisotopic (exact) mass is 280 g/mol. The zero-order valence-electron chi connectivity index (χ0n) is 12.0. The van der Waals surface area contributed by atoms with Gasteiger partial charge in [-0.2, -0.15) is 0 Å². The second-order valence-corrected chi connectivity index (χ2v) is 4.87. The van der Waals surface area contributed by atoms with Gasteiger partial charge in [0.25, 0.3) is 0 Å². The van der Waals surface area contributed by atoms with E-state index in [0.717, 1.165) is 16.7 Å². The van der Waals surface area contributed by atoms with Crippen LogP contribution in [0.5, 0.6) is 0 Å². The highest BCUT2D eigenvalue weighted by molar-refractivity contribution is 6.02. The van der Waals surface area contributed by atoms with Crippen LogP contribution in [0.2, 0.25) is 0 Å². The fourth-order valence-electron chi connectivity index (χ4n) is 2.92. The van der Waals surface area contributed by atoms with Crippen molar-refractivity contribution in [3.05, 3.63) is 76.9 Å². The van der Waals surface area contributed by atoms with Crippen molar-refractivity contribution in [1.82, 2.24) is 0 Å². The van der Waals surface area contributed by atoms with Gasteiger partial charge in [-0.25, -0.2) is 4.79 Å². The predicted octanol–water partition coefficient (Wildman–Crippen LogP) is 3.36. The number of hydrogen-bond acceptors (Lipinski definition) is 3. The minimum absolute atomic E-state index is 0.148. The molecule has 0 amide bonds. The van der Waals surface area contributed by atoms with Crippen LogP contribution in [0.15, 0.2) is 60.2 Å². The first-order valence-electron chi connectivity index (χ1n) is 6.78. The van der Waals surface area contributed by atoms with Crippen LogP contribution in [0, 0.1) is 0 Å². The van der Waals surface area contributed by atoms with E-state index in [0.29, 0.717) is 11.3 Å². The van der Waals surface area contributed by atoms with Gasteiger partial charge in [-0.15, -0.1) is 0 Å². The molecule has 21 heavy (non-hydrogen) atoms. The minimum atomic E-state index is -0.350. The van der Waals surface area contributed by atoms with E-state index in [1.807, 2.05) is 54.6 Å². The van der Waals surface area contributed by atoms with Crippen molar-refractivity contribution in [1.29, 1.82) is 0 Å². The van der Waals surface area contributed by atoms with Crippen molar-refractivity contribution < 1.29 is 14.3 Å². The molecular weight excluding hydrogens is 264 g/mol. The number of rotatable bonds is 3. The number of carbonyl (C=O) groups excluding carboxylic acids is 1. The van der Waals surface area contributed by atoms with Gasteiger partial charge in [0.05, 0.1) is 19.8 Å². The number of benzene rings is 2. The zero-order chi connectivity index (χ0) is 14.8. The van der Waals surface area contributed by atoms with E-state index in [9.17, 15) is 4.79 Å². The van der Waals surface area contributed by atoms with Gasteiger partial charge >= 0.3 is 5.97 Å². The third-order valence-corrected chi connectivity index (χ3v) is 3.79.